The van der Waals surface area contributed by atoms with Crippen LogP contribution in [0.2, 0.25) is 0 Å². The van der Waals surface area contributed by atoms with Gasteiger partial charge >= 0.3 is 5.69 Å². The highest BCUT2D eigenvalue weighted by molar-refractivity contribution is 5.90. The molecule has 1 saturated heterocycles. The van der Waals surface area contributed by atoms with Gasteiger partial charge in [0.2, 0.25) is 0 Å². The van der Waals surface area contributed by atoms with Crippen molar-refractivity contribution in [2.75, 3.05) is 18.0 Å². The highest BCUT2D eigenvalue weighted by atomic mass is 16.2. The standard InChI is InChI=1S/C23H28N8O2/c1-15(2)6-10-30-20-19(18(11-24)21(30)29-9-4-5-16(25)13-29)28(3)23(33)31(22(20)32)14-17-12-26-7-8-27-17/h6-8,12,16H,4-5,9-10,13-14,25H2,1-3H3/t16-/m0/s1. The summed E-state index contributed by atoms with van der Waals surface area (Å²) in [5, 5.41) is 10.1. The maximum absolute atomic E-state index is 13.7. The molecule has 172 valence electrons. The molecule has 0 aliphatic carbocycles. The largest absolute Gasteiger partial charge is 0.355 e. The van der Waals surface area contributed by atoms with E-state index in [-0.39, 0.29) is 12.6 Å². The molecule has 1 aliphatic rings. The van der Waals surface area contributed by atoms with E-state index in [1.54, 1.807) is 7.05 Å². The summed E-state index contributed by atoms with van der Waals surface area (Å²) in [6.07, 6.45) is 8.40. The molecular formula is C23H28N8O2. The van der Waals surface area contributed by atoms with Gasteiger partial charge in [-0.2, -0.15) is 5.26 Å². The van der Waals surface area contributed by atoms with E-state index >= 15 is 0 Å². The summed E-state index contributed by atoms with van der Waals surface area (Å²) in [6.45, 7) is 5.68. The van der Waals surface area contributed by atoms with E-state index in [4.69, 9.17) is 5.73 Å². The highest BCUT2D eigenvalue weighted by Gasteiger charge is 2.29. The van der Waals surface area contributed by atoms with E-state index in [0.29, 0.717) is 41.2 Å². The van der Waals surface area contributed by atoms with Crippen LogP contribution in [0.1, 0.15) is 37.9 Å². The van der Waals surface area contributed by atoms with Crippen LogP contribution in [0.3, 0.4) is 0 Å². The van der Waals surface area contributed by atoms with Crippen LogP contribution in [0.4, 0.5) is 5.82 Å². The van der Waals surface area contributed by atoms with Crippen LogP contribution < -0.4 is 21.9 Å². The summed E-state index contributed by atoms with van der Waals surface area (Å²) in [5.74, 6) is 0.643. The topological polar surface area (TPSA) is 128 Å². The third kappa shape index (κ3) is 4.07. The Morgan fingerprint density at radius 1 is 1.27 bits per heavy atom. The fraction of sp³-hybridized carbons (Fsp3) is 0.435. The molecule has 1 fully saturated rings. The van der Waals surface area contributed by atoms with Gasteiger partial charge in [0.25, 0.3) is 5.56 Å². The number of nitriles is 1. The summed E-state index contributed by atoms with van der Waals surface area (Å²) in [7, 11) is 1.59. The number of anilines is 1. The number of piperidine rings is 1. The lowest BCUT2D eigenvalue weighted by Gasteiger charge is -2.33. The normalized spacial score (nSPS) is 16.1. The minimum absolute atomic E-state index is 0.00504. The summed E-state index contributed by atoms with van der Waals surface area (Å²) in [5.41, 5.74) is 7.86. The van der Waals surface area contributed by atoms with Gasteiger partial charge in [-0.25, -0.2) is 4.79 Å². The molecule has 0 unspecified atom stereocenters. The first kappa shape index (κ1) is 22.5. The van der Waals surface area contributed by atoms with Crippen molar-refractivity contribution in [3.05, 3.63) is 62.3 Å². The van der Waals surface area contributed by atoms with Gasteiger partial charge in [-0.15, -0.1) is 0 Å². The SMILES string of the molecule is CC(C)=CCn1c(N2CCC[C@H](N)C2)c(C#N)c2c1c(=O)n(Cc1cnccn1)c(=O)n2C. The van der Waals surface area contributed by atoms with Crippen molar-refractivity contribution < 1.29 is 0 Å². The average molecular weight is 449 g/mol. The number of allylic oxidation sites excluding steroid dienone is 2. The second-order valence-electron chi connectivity index (χ2n) is 8.68. The van der Waals surface area contributed by atoms with Crippen molar-refractivity contribution in [3.63, 3.8) is 0 Å². The van der Waals surface area contributed by atoms with E-state index in [2.05, 4.69) is 20.9 Å². The molecular weight excluding hydrogens is 420 g/mol. The second-order valence-corrected chi connectivity index (χ2v) is 8.68. The van der Waals surface area contributed by atoms with Crippen molar-refractivity contribution in [3.8, 4) is 6.07 Å². The van der Waals surface area contributed by atoms with Gasteiger partial charge in [-0.05, 0) is 26.7 Å². The predicted molar refractivity (Wildman–Crippen MR) is 126 cm³/mol. The number of fused-ring (bicyclic) bond motifs is 1. The summed E-state index contributed by atoms with van der Waals surface area (Å²) in [6, 6.07) is 2.25. The van der Waals surface area contributed by atoms with Gasteiger partial charge in [-0.1, -0.05) is 11.6 Å². The fourth-order valence-corrected chi connectivity index (χ4v) is 4.43. The van der Waals surface area contributed by atoms with Crippen molar-refractivity contribution in [2.45, 2.75) is 45.8 Å². The molecule has 3 aromatic heterocycles. The number of hydrogen-bond donors (Lipinski definition) is 1. The Labute approximate surface area is 191 Å². The van der Waals surface area contributed by atoms with Crippen LogP contribution in [-0.4, -0.2) is 42.8 Å². The van der Waals surface area contributed by atoms with Crippen molar-refractivity contribution in [1.82, 2.24) is 23.7 Å². The minimum atomic E-state index is -0.504. The molecule has 1 atom stereocenters. The number of nitrogens with zero attached hydrogens (tertiary/aromatic N) is 7. The van der Waals surface area contributed by atoms with Crippen LogP contribution in [0.15, 0.2) is 39.8 Å². The third-order valence-electron chi connectivity index (χ3n) is 6.00. The van der Waals surface area contributed by atoms with E-state index in [9.17, 15) is 14.9 Å². The molecule has 3 aromatic rings. The molecule has 0 aromatic carbocycles. The van der Waals surface area contributed by atoms with E-state index < -0.39 is 11.2 Å². The lowest BCUT2D eigenvalue weighted by molar-refractivity contribution is 0.498. The van der Waals surface area contributed by atoms with Gasteiger partial charge in [0.15, 0.2) is 0 Å². The third-order valence-corrected chi connectivity index (χ3v) is 6.00. The Hall–Kier alpha value is -3.71. The Balaban J connectivity index is 2.04. The number of nitrogens with two attached hydrogens (primary N) is 1. The second kappa shape index (κ2) is 9.03. The van der Waals surface area contributed by atoms with Crippen LogP contribution in [-0.2, 0) is 20.1 Å². The number of aromatic nitrogens is 5. The smallest absolute Gasteiger partial charge is 0.331 e. The monoisotopic (exact) mass is 448 g/mol. The molecule has 0 saturated carbocycles. The van der Waals surface area contributed by atoms with Crippen molar-refractivity contribution >= 4 is 16.9 Å². The van der Waals surface area contributed by atoms with Gasteiger partial charge in [0.1, 0.15) is 23.0 Å². The molecule has 10 nitrogen and oxygen atoms in total. The zero-order chi connectivity index (χ0) is 23.7. The Morgan fingerprint density at radius 2 is 2.06 bits per heavy atom. The Bertz CT molecular complexity index is 1370. The minimum Gasteiger partial charge on any atom is -0.355 e. The number of rotatable bonds is 5. The van der Waals surface area contributed by atoms with Crippen LogP contribution >= 0.6 is 0 Å². The summed E-state index contributed by atoms with van der Waals surface area (Å²) >= 11 is 0. The molecule has 0 spiro atoms. The number of hydrogen-bond acceptors (Lipinski definition) is 7. The lowest BCUT2D eigenvalue weighted by Crippen LogP contribution is -2.44. The van der Waals surface area contributed by atoms with Crippen LogP contribution in [0, 0.1) is 11.3 Å². The first-order valence-corrected chi connectivity index (χ1v) is 11.0. The molecule has 2 N–H and O–H groups in total. The van der Waals surface area contributed by atoms with E-state index in [1.165, 1.54) is 23.2 Å². The molecule has 0 bridgehead atoms. The quantitative estimate of drug-likeness (QED) is 0.579. The van der Waals surface area contributed by atoms with Crippen molar-refractivity contribution in [1.29, 1.82) is 5.26 Å². The van der Waals surface area contributed by atoms with Crippen molar-refractivity contribution in [2.24, 2.45) is 12.8 Å². The first-order valence-electron chi connectivity index (χ1n) is 11.0. The number of aryl methyl sites for hydroxylation is 1. The molecule has 1 aliphatic heterocycles. The summed E-state index contributed by atoms with van der Waals surface area (Å²) < 4.78 is 4.39. The van der Waals surface area contributed by atoms with Gasteiger partial charge < -0.3 is 15.2 Å². The zero-order valence-electron chi connectivity index (χ0n) is 19.2. The zero-order valence-corrected chi connectivity index (χ0v) is 19.2. The van der Waals surface area contributed by atoms with E-state index in [1.807, 2.05) is 24.5 Å². The molecule has 0 radical (unpaired) electrons. The van der Waals surface area contributed by atoms with Crippen LogP contribution in [0.5, 0.6) is 0 Å². The molecule has 33 heavy (non-hydrogen) atoms. The molecule has 10 heteroatoms. The van der Waals surface area contributed by atoms with Gasteiger partial charge in [0.05, 0.1) is 24.0 Å². The van der Waals surface area contributed by atoms with E-state index in [0.717, 1.165) is 29.5 Å². The van der Waals surface area contributed by atoms with Gasteiger partial charge in [-0.3, -0.25) is 23.9 Å². The van der Waals surface area contributed by atoms with Gasteiger partial charge in [0, 0.05) is 45.1 Å². The van der Waals surface area contributed by atoms with Crippen LogP contribution in [0.25, 0.3) is 11.0 Å². The molecule has 4 rings (SSSR count). The maximum atomic E-state index is 13.7. The first-order chi connectivity index (χ1) is 15.8. The molecule has 4 heterocycles. The maximum Gasteiger partial charge on any atom is 0.331 e. The Morgan fingerprint density at radius 3 is 2.70 bits per heavy atom. The fourth-order valence-electron chi connectivity index (χ4n) is 4.43. The molecule has 0 amide bonds. The lowest BCUT2D eigenvalue weighted by atomic mass is 10.1. The Kier molecular flexibility index (Phi) is 6.16. The average Bonchev–Trinajstić information content (AvgIpc) is 3.14. The summed E-state index contributed by atoms with van der Waals surface area (Å²) in [4.78, 5) is 37.2. The predicted octanol–water partition coefficient (Wildman–Crippen LogP) is 1.11. The highest BCUT2D eigenvalue weighted by Crippen LogP contribution is 2.32.